The molecule has 3 atom stereocenters. The highest BCUT2D eigenvalue weighted by Gasteiger charge is 2.54. The number of aliphatic carboxylic acids is 1. The summed E-state index contributed by atoms with van der Waals surface area (Å²) in [6, 6.07) is -1.00. The molecular weight excluding hydrogens is 503 g/mol. The lowest BCUT2D eigenvalue weighted by atomic mass is 10.0. The standard InChI is InChI=1S/C20H23FN6O6S2/c1-27(2)6-5-11(33-27)4-3-10-7-34-18-14(17(29)26(18)15(10)19(30)31)24-16(28)13(25-32-9-21)12-8-35-20(22)23-12/h3-4,8,11,14,18H,5-7,9H2,1-2H3,(H3-,22,23,24,28,30,31)/p+1/b4-3+,25-13-/t11-,14-,18-/m1/s1. The van der Waals surface area contributed by atoms with Crippen molar-refractivity contribution in [2.75, 3.05) is 39.0 Å². The monoisotopic (exact) mass is 527 g/mol. The molecule has 35 heavy (non-hydrogen) atoms. The lowest BCUT2D eigenvalue weighted by Crippen LogP contribution is -2.71. The second-order valence-corrected chi connectivity index (χ2v) is 10.4. The predicted octanol–water partition coefficient (Wildman–Crippen LogP) is 0.448. The summed E-state index contributed by atoms with van der Waals surface area (Å²) in [6.07, 6.45) is 4.14. The van der Waals surface area contributed by atoms with Gasteiger partial charge in [0, 0.05) is 17.6 Å². The van der Waals surface area contributed by atoms with Crippen molar-refractivity contribution in [3.63, 3.8) is 0 Å². The predicted molar refractivity (Wildman–Crippen MR) is 125 cm³/mol. The van der Waals surface area contributed by atoms with Crippen molar-refractivity contribution in [3.05, 3.63) is 34.5 Å². The number of thioether (sulfide) groups is 1. The van der Waals surface area contributed by atoms with Crippen molar-refractivity contribution >= 4 is 51.7 Å². The molecule has 188 valence electrons. The minimum Gasteiger partial charge on any atom is -0.477 e. The maximum absolute atomic E-state index is 12.9. The van der Waals surface area contributed by atoms with Gasteiger partial charge in [0.1, 0.15) is 35.5 Å². The van der Waals surface area contributed by atoms with Crippen molar-refractivity contribution < 1.29 is 38.2 Å². The first-order chi connectivity index (χ1) is 16.6. The molecular formula is C20H24FN6O6S2+. The molecule has 0 bridgehead atoms. The number of oxime groups is 1. The molecule has 0 saturated carbocycles. The summed E-state index contributed by atoms with van der Waals surface area (Å²) < 4.78 is 12.9. The van der Waals surface area contributed by atoms with Crippen LogP contribution in [0.4, 0.5) is 9.52 Å². The molecule has 0 aromatic carbocycles. The van der Waals surface area contributed by atoms with Crippen LogP contribution in [0.15, 0.2) is 34.0 Å². The van der Waals surface area contributed by atoms with Crippen LogP contribution in [-0.2, 0) is 24.1 Å². The third-order valence-corrected chi connectivity index (χ3v) is 7.53. The van der Waals surface area contributed by atoms with E-state index in [2.05, 4.69) is 20.3 Å². The third-order valence-electron chi connectivity index (χ3n) is 5.56. The van der Waals surface area contributed by atoms with Crippen molar-refractivity contribution in [3.8, 4) is 0 Å². The number of fused-ring (bicyclic) bond motifs is 1. The minimum absolute atomic E-state index is 0.0628. The molecule has 4 heterocycles. The number of carboxylic acid groups (broad SMARTS) is 1. The Balaban J connectivity index is 1.49. The molecule has 0 spiro atoms. The maximum Gasteiger partial charge on any atom is 0.352 e. The van der Waals surface area contributed by atoms with Crippen LogP contribution in [0.3, 0.4) is 0 Å². The van der Waals surface area contributed by atoms with Crippen LogP contribution in [0.5, 0.6) is 0 Å². The van der Waals surface area contributed by atoms with E-state index in [4.69, 9.17) is 10.6 Å². The van der Waals surface area contributed by atoms with Gasteiger partial charge in [0.2, 0.25) is 0 Å². The van der Waals surface area contributed by atoms with Gasteiger partial charge in [-0.1, -0.05) is 11.2 Å². The van der Waals surface area contributed by atoms with E-state index in [9.17, 15) is 23.9 Å². The number of quaternary nitrogens is 1. The number of nitrogens with one attached hydrogen (secondary N) is 1. The Bertz CT molecular complexity index is 1140. The van der Waals surface area contributed by atoms with Crippen LogP contribution in [0.1, 0.15) is 12.1 Å². The molecule has 1 aromatic rings. The number of anilines is 1. The number of allylic oxidation sites excluding steroid dienone is 1. The Morgan fingerprint density at radius 3 is 2.89 bits per heavy atom. The van der Waals surface area contributed by atoms with Crippen LogP contribution in [-0.4, -0.2) is 93.9 Å². The number of halogens is 1. The number of hydrogen-bond donors (Lipinski definition) is 3. The number of amides is 2. The molecule has 12 nitrogen and oxygen atoms in total. The lowest BCUT2D eigenvalue weighted by Gasteiger charge is -2.49. The van der Waals surface area contributed by atoms with Crippen LogP contribution in [0.2, 0.25) is 0 Å². The number of nitrogens with zero attached hydrogens (tertiary/aromatic N) is 4. The quantitative estimate of drug-likeness (QED) is 0.189. The maximum atomic E-state index is 12.9. The van der Waals surface area contributed by atoms with Gasteiger partial charge in [-0.15, -0.1) is 23.1 Å². The molecule has 3 aliphatic heterocycles. The molecule has 2 amide bonds. The van der Waals surface area contributed by atoms with Gasteiger partial charge in [-0.2, -0.15) is 9.48 Å². The highest BCUT2D eigenvalue weighted by Crippen LogP contribution is 2.41. The van der Waals surface area contributed by atoms with E-state index in [0.717, 1.165) is 29.2 Å². The number of β-lactam (4-membered cyclic amide) rings is 1. The van der Waals surface area contributed by atoms with E-state index in [-0.39, 0.29) is 28.3 Å². The first-order valence-corrected chi connectivity index (χ1v) is 12.4. The number of nitrogen functional groups attached to an aromatic ring is 1. The van der Waals surface area contributed by atoms with Crippen LogP contribution in [0.25, 0.3) is 0 Å². The topological polar surface area (TPSA) is 156 Å². The summed E-state index contributed by atoms with van der Waals surface area (Å²) in [6.45, 7) is -0.436. The van der Waals surface area contributed by atoms with Gasteiger partial charge in [-0.25, -0.2) is 14.2 Å². The zero-order valence-electron chi connectivity index (χ0n) is 18.8. The average Bonchev–Trinajstić information content (AvgIpc) is 3.39. The largest absolute Gasteiger partial charge is 0.477 e. The lowest BCUT2D eigenvalue weighted by molar-refractivity contribution is -1.06. The summed E-state index contributed by atoms with van der Waals surface area (Å²) in [4.78, 5) is 53.1. The molecule has 0 unspecified atom stereocenters. The molecule has 4 N–H and O–H groups in total. The van der Waals surface area contributed by atoms with Crippen molar-refractivity contribution in [2.24, 2.45) is 5.16 Å². The molecule has 4 rings (SSSR count). The number of hydroxylamine groups is 3. The zero-order valence-corrected chi connectivity index (χ0v) is 20.5. The normalized spacial score (nSPS) is 26.0. The second-order valence-electron chi connectivity index (χ2n) is 8.38. The van der Waals surface area contributed by atoms with E-state index in [1.165, 1.54) is 17.1 Å². The van der Waals surface area contributed by atoms with Crippen molar-refractivity contribution in [2.45, 2.75) is 23.9 Å². The second kappa shape index (κ2) is 9.93. The van der Waals surface area contributed by atoms with Crippen LogP contribution < -0.4 is 11.1 Å². The van der Waals surface area contributed by atoms with Crippen molar-refractivity contribution in [1.29, 1.82) is 0 Å². The van der Waals surface area contributed by atoms with Gasteiger partial charge in [0.15, 0.2) is 10.8 Å². The average molecular weight is 528 g/mol. The summed E-state index contributed by atoms with van der Waals surface area (Å²) in [5.74, 6) is -2.34. The summed E-state index contributed by atoms with van der Waals surface area (Å²) in [7, 11) is 3.88. The fraction of sp³-hybridized carbons (Fsp3) is 0.450. The molecule has 2 saturated heterocycles. The number of carbonyl (C=O) groups excluding carboxylic acids is 2. The molecule has 0 radical (unpaired) electrons. The SMILES string of the molecule is C[N+]1(C)CC[C@@H](/C=C/C2=C(C(=O)O)N3C(=O)[C@@H](NC(=O)/C(=N\OCF)c4csc(N)n4)[C@H]3SC2)O1. The van der Waals surface area contributed by atoms with E-state index < -0.39 is 36.1 Å². The number of aromatic nitrogens is 1. The smallest absolute Gasteiger partial charge is 0.352 e. The number of rotatable bonds is 8. The Kier molecular flexibility index (Phi) is 7.12. The van der Waals surface area contributed by atoms with Crippen LogP contribution in [0, 0.1) is 0 Å². The number of nitrogens with two attached hydrogens (primary N) is 1. The zero-order chi connectivity index (χ0) is 25.3. The molecule has 1 aromatic heterocycles. The Hall–Kier alpha value is -3.01. The Morgan fingerprint density at radius 2 is 2.29 bits per heavy atom. The fourth-order valence-electron chi connectivity index (χ4n) is 3.94. The number of alkyl halides is 1. The molecule has 0 aliphatic carbocycles. The van der Waals surface area contributed by atoms with Gasteiger partial charge >= 0.3 is 5.97 Å². The van der Waals surface area contributed by atoms with E-state index >= 15 is 0 Å². The molecule has 2 fully saturated rings. The number of hydrogen-bond acceptors (Lipinski definition) is 10. The number of carboxylic acids is 1. The van der Waals surface area contributed by atoms with Gasteiger partial charge < -0.3 is 21.0 Å². The van der Waals surface area contributed by atoms with E-state index in [1.54, 1.807) is 6.08 Å². The summed E-state index contributed by atoms with van der Waals surface area (Å²) >= 11 is 2.36. The van der Waals surface area contributed by atoms with Gasteiger partial charge in [-0.05, 0) is 11.6 Å². The summed E-state index contributed by atoms with van der Waals surface area (Å²) in [5, 5.41) is 16.8. The number of carbonyl (C=O) groups is 3. The van der Waals surface area contributed by atoms with Crippen LogP contribution >= 0.6 is 23.1 Å². The highest BCUT2D eigenvalue weighted by molar-refractivity contribution is 8.00. The Morgan fingerprint density at radius 1 is 1.51 bits per heavy atom. The first-order valence-electron chi connectivity index (χ1n) is 10.5. The third kappa shape index (κ3) is 5.17. The number of thiazole rings is 1. The minimum atomic E-state index is -1.27. The highest BCUT2D eigenvalue weighted by atomic mass is 32.2. The first kappa shape index (κ1) is 25.1. The van der Waals surface area contributed by atoms with E-state index in [0.29, 0.717) is 16.0 Å². The summed E-state index contributed by atoms with van der Waals surface area (Å²) in [5.41, 5.74) is 5.66. The van der Waals surface area contributed by atoms with Gasteiger partial charge in [-0.3, -0.25) is 14.5 Å². The van der Waals surface area contributed by atoms with Gasteiger partial charge in [0.05, 0.1) is 14.1 Å². The van der Waals surface area contributed by atoms with E-state index in [1.807, 2.05) is 20.2 Å². The fourth-order valence-corrected chi connectivity index (χ4v) is 5.80. The molecule has 3 aliphatic rings. The van der Waals surface area contributed by atoms with Gasteiger partial charge in [0.25, 0.3) is 18.7 Å². The molecule has 15 heteroatoms. The Labute approximate surface area is 207 Å². The van der Waals surface area contributed by atoms with Crippen molar-refractivity contribution in [1.82, 2.24) is 15.2 Å².